The van der Waals surface area contributed by atoms with Crippen LogP contribution in [0.15, 0.2) is 11.4 Å². The molecular weight excluding hydrogens is 234 g/mol. The Hall–Kier alpha value is -2.05. The second-order valence-electron chi connectivity index (χ2n) is 4.54. The lowest BCUT2D eigenvalue weighted by Crippen LogP contribution is -2.36. The van der Waals surface area contributed by atoms with Crippen molar-refractivity contribution in [3.05, 3.63) is 11.9 Å². The van der Waals surface area contributed by atoms with E-state index in [-0.39, 0.29) is 11.7 Å². The molecule has 0 saturated heterocycles. The van der Waals surface area contributed by atoms with Gasteiger partial charge in [0.05, 0.1) is 11.4 Å². The van der Waals surface area contributed by atoms with Crippen LogP contribution in [0.25, 0.3) is 0 Å². The molecule has 0 atom stereocenters. The summed E-state index contributed by atoms with van der Waals surface area (Å²) in [5.74, 6) is -0.262. The Bertz CT molecular complexity index is 502. The van der Waals surface area contributed by atoms with Gasteiger partial charge in [-0.2, -0.15) is 5.10 Å². The summed E-state index contributed by atoms with van der Waals surface area (Å²) >= 11 is 0. The largest absolute Gasteiger partial charge is 0.409 e. The summed E-state index contributed by atoms with van der Waals surface area (Å²) in [5, 5.41) is 18.7. The van der Waals surface area contributed by atoms with Gasteiger partial charge in [0.1, 0.15) is 5.41 Å². The van der Waals surface area contributed by atoms with E-state index < -0.39 is 5.41 Å². The van der Waals surface area contributed by atoms with Crippen LogP contribution in [-0.4, -0.2) is 26.7 Å². The molecule has 4 N–H and O–H groups in total. The van der Waals surface area contributed by atoms with Crippen molar-refractivity contribution in [1.29, 1.82) is 0 Å². The van der Waals surface area contributed by atoms with Crippen LogP contribution in [0.3, 0.4) is 0 Å². The van der Waals surface area contributed by atoms with Gasteiger partial charge in [-0.05, 0) is 19.3 Å². The van der Waals surface area contributed by atoms with E-state index >= 15 is 0 Å². The number of aryl methyl sites for hydroxylation is 2. The van der Waals surface area contributed by atoms with Crippen LogP contribution < -0.4 is 11.1 Å². The zero-order valence-corrected chi connectivity index (χ0v) is 10.5. The number of nitrogens with zero attached hydrogens (tertiary/aromatic N) is 3. The molecule has 2 rings (SSSR count). The molecule has 1 aliphatic rings. The molecule has 1 aromatic rings. The molecule has 1 aliphatic carbocycles. The number of rotatable bonds is 4. The fourth-order valence-corrected chi connectivity index (χ4v) is 1.96. The van der Waals surface area contributed by atoms with Crippen LogP contribution in [0.2, 0.25) is 0 Å². The Labute approximate surface area is 105 Å². The molecule has 98 valence electrons. The van der Waals surface area contributed by atoms with Crippen molar-refractivity contribution < 1.29 is 10.0 Å². The first-order chi connectivity index (χ1) is 8.53. The Morgan fingerprint density at radius 2 is 2.39 bits per heavy atom. The molecule has 1 saturated carbocycles. The Kier molecular flexibility index (Phi) is 2.98. The minimum Gasteiger partial charge on any atom is -0.409 e. The SMILES string of the molecule is CCc1nn(C)cc1NC(=O)C1(/C(N)=N/O)CC1. The topological polar surface area (TPSA) is 106 Å². The standard InChI is InChI=1S/C11H17N5O2/c1-3-7-8(6-16(2)14-7)13-10(17)11(4-5-11)9(12)15-18/h6,18H,3-5H2,1-2H3,(H2,12,15)(H,13,17). The van der Waals surface area contributed by atoms with E-state index in [4.69, 9.17) is 10.9 Å². The predicted octanol–water partition coefficient (Wildman–Crippen LogP) is 0.448. The summed E-state index contributed by atoms with van der Waals surface area (Å²) in [6, 6.07) is 0. The first-order valence-electron chi connectivity index (χ1n) is 5.85. The third-order valence-corrected chi connectivity index (χ3v) is 3.27. The number of amidine groups is 1. The fraction of sp³-hybridized carbons (Fsp3) is 0.545. The van der Waals surface area contributed by atoms with Gasteiger partial charge in [0.15, 0.2) is 5.84 Å². The number of hydrogen-bond donors (Lipinski definition) is 3. The maximum atomic E-state index is 12.2. The zero-order valence-electron chi connectivity index (χ0n) is 10.5. The molecule has 0 aliphatic heterocycles. The Balaban J connectivity index is 2.17. The first kappa shape index (κ1) is 12.4. The highest BCUT2D eigenvalue weighted by atomic mass is 16.4. The third kappa shape index (κ3) is 1.92. The number of carbonyl (C=O) groups excluding carboxylic acids is 1. The summed E-state index contributed by atoms with van der Waals surface area (Å²) in [5.41, 5.74) is 6.23. The molecule has 0 unspecified atom stereocenters. The van der Waals surface area contributed by atoms with Crippen LogP contribution in [0.4, 0.5) is 5.69 Å². The lowest BCUT2D eigenvalue weighted by Gasteiger charge is -2.13. The van der Waals surface area contributed by atoms with Gasteiger partial charge in [0, 0.05) is 13.2 Å². The van der Waals surface area contributed by atoms with E-state index in [0.29, 0.717) is 18.5 Å². The van der Waals surface area contributed by atoms with E-state index in [0.717, 1.165) is 12.1 Å². The maximum absolute atomic E-state index is 12.2. The lowest BCUT2D eigenvalue weighted by molar-refractivity contribution is -0.119. The molecule has 7 nitrogen and oxygen atoms in total. The number of aromatic nitrogens is 2. The number of carbonyl (C=O) groups is 1. The van der Waals surface area contributed by atoms with E-state index in [2.05, 4.69) is 15.6 Å². The lowest BCUT2D eigenvalue weighted by atomic mass is 10.1. The van der Waals surface area contributed by atoms with Gasteiger partial charge < -0.3 is 16.3 Å². The Morgan fingerprint density at radius 1 is 1.72 bits per heavy atom. The molecule has 7 heteroatoms. The van der Waals surface area contributed by atoms with Gasteiger partial charge in [-0.1, -0.05) is 12.1 Å². The van der Waals surface area contributed by atoms with Crippen molar-refractivity contribution in [2.24, 2.45) is 23.4 Å². The number of hydrogen-bond acceptors (Lipinski definition) is 4. The average molecular weight is 251 g/mol. The minimum atomic E-state index is -0.838. The molecule has 0 spiro atoms. The second kappa shape index (κ2) is 4.32. The van der Waals surface area contributed by atoms with Crippen molar-refractivity contribution in [2.45, 2.75) is 26.2 Å². The van der Waals surface area contributed by atoms with Crippen molar-refractivity contribution in [3.8, 4) is 0 Å². The Morgan fingerprint density at radius 3 is 2.89 bits per heavy atom. The second-order valence-corrected chi connectivity index (χ2v) is 4.54. The van der Waals surface area contributed by atoms with Gasteiger partial charge in [0.25, 0.3) is 0 Å². The quantitative estimate of drug-likeness (QED) is 0.312. The summed E-state index contributed by atoms with van der Waals surface area (Å²) in [7, 11) is 1.80. The first-order valence-corrected chi connectivity index (χ1v) is 5.85. The number of nitrogens with two attached hydrogens (primary N) is 1. The van der Waals surface area contributed by atoms with E-state index in [1.165, 1.54) is 0 Å². The molecule has 1 fully saturated rings. The van der Waals surface area contributed by atoms with Crippen molar-refractivity contribution in [3.63, 3.8) is 0 Å². The smallest absolute Gasteiger partial charge is 0.238 e. The van der Waals surface area contributed by atoms with Gasteiger partial charge >= 0.3 is 0 Å². The molecule has 0 aromatic carbocycles. The van der Waals surface area contributed by atoms with Crippen LogP contribution in [0.1, 0.15) is 25.5 Å². The minimum absolute atomic E-state index is 0.0260. The van der Waals surface area contributed by atoms with Gasteiger partial charge in [-0.15, -0.1) is 0 Å². The highest BCUT2D eigenvalue weighted by molar-refractivity contribution is 6.14. The van der Waals surface area contributed by atoms with Crippen molar-refractivity contribution in [2.75, 3.05) is 5.32 Å². The van der Waals surface area contributed by atoms with Crippen LogP contribution in [0.5, 0.6) is 0 Å². The monoisotopic (exact) mass is 251 g/mol. The number of oxime groups is 1. The molecule has 18 heavy (non-hydrogen) atoms. The third-order valence-electron chi connectivity index (χ3n) is 3.27. The molecule has 0 radical (unpaired) electrons. The normalized spacial score (nSPS) is 17.6. The van der Waals surface area contributed by atoms with Crippen LogP contribution >= 0.6 is 0 Å². The van der Waals surface area contributed by atoms with Crippen molar-refractivity contribution in [1.82, 2.24) is 9.78 Å². The highest BCUT2D eigenvalue weighted by Crippen LogP contribution is 2.46. The maximum Gasteiger partial charge on any atom is 0.238 e. The summed E-state index contributed by atoms with van der Waals surface area (Å²) in [6.07, 6.45) is 3.69. The van der Waals surface area contributed by atoms with Gasteiger partial charge in [-0.3, -0.25) is 9.48 Å². The molecule has 1 heterocycles. The zero-order chi connectivity index (χ0) is 13.3. The van der Waals surface area contributed by atoms with Crippen molar-refractivity contribution >= 4 is 17.4 Å². The van der Waals surface area contributed by atoms with E-state index in [1.807, 2.05) is 6.92 Å². The molecular formula is C11H17N5O2. The number of anilines is 1. The predicted molar refractivity (Wildman–Crippen MR) is 66.3 cm³/mol. The van der Waals surface area contributed by atoms with E-state index in [9.17, 15) is 4.79 Å². The fourth-order valence-electron chi connectivity index (χ4n) is 1.96. The molecule has 1 aromatic heterocycles. The summed E-state index contributed by atoms with van der Waals surface area (Å²) in [4.78, 5) is 12.2. The number of amides is 1. The number of nitrogens with one attached hydrogen (secondary N) is 1. The highest BCUT2D eigenvalue weighted by Gasteiger charge is 2.54. The summed E-state index contributed by atoms with van der Waals surface area (Å²) in [6.45, 7) is 1.97. The van der Waals surface area contributed by atoms with Gasteiger partial charge in [-0.25, -0.2) is 0 Å². The van der Waals surface area contributed by atoms with E-state index in [1.54, 1.807) is 17.9 Å². The molecule has 0 bridgehead atoms. The van der Waals surface area contributed by atoms with Crippen LogP contribution in [-0.2, 0) is 18.3 Å². The molecule has 1 amide bonds. The van der Waals surface area contributed by atoms with Crippen LogP contribution in [0, 0.1) is 5.41 Å². The van der Waals surface area contributed by atoms with Gasteiger partial charge in [0.2, 0.25) is 5.91 Å². The summed E-state index contributed by atoms with van der Waals surface area (Å²) < 4.78 is 1.65. The average Bonchev–Trinajstić information content (AvgIpc) is 3.09.